The second-order valence-corrected chi connectivity index (χ2v) is 6.97. The fraction of sp³-hybridized carbons (Fsp3) is 0.333. The van der Waals surface area contributed by atoms with E-state index in [0.717, 1.165) is 22.9 Å². The maximum Gasteiger partial charge on any atom is 0.0438 e. The molecule has 0 saturated heterocycles. The first kappa shape index (κ1) is 15.0. The highest BCUT2D eigenvalue weighted by Gasteiger charge is 2.30. The largest absolute Gasteiger partial charge is 0.310 e. The molecule has 1 nitrogen and oxygen atoms in total. The van der Waals surface area contributed by atoms with Gasteiger partial charge >= 0.3 is 0 Å². The Morgan fingerprint density at radius 1 is 1.29 bits per heavy atom. The van der Waals surface area contributed by atoms with E-state index in [4.69, 9.17) is 11.6 Å². The Kier molecular flexibility index (Phi) is 4.58. The Morgan fingerprint density at radius 2 is 2.10 bits per heavy atom. The molecule has 3 rings (SSSR count). The molecule has 1 N–H and O–H groups in total. The molecule has 0 bridgehead atoms. The van der Waals surface area contributed by atoms with Crippen LogP contribution in [0.3, 0.4) is 0 Å². The summed E-state index contributed by atoms with van der Waals surface area (Å²) in [6, 6.07) is 15.5. The van der Waals surface area contributed by atoms with Crippen molar-refractivity contribution in [3.05, 3.63) is 64.2 Å². The van der Waals surface area contributed by atoms with Gasteiger partial charge in [-0.15, -0.1) is 11.8 Å². The summed E-state index contributed by atoms with van der Waals surface area (Å²) in [7, 11) is 0. The third kappa shape index (κ3) is 2.98. The van der Waals surface area contributed by atoms with E-state index in [1.807, 2.05) is 11.8 Å². The Hall–Kier alpha value is -0.960. The lowest BCUT2D eigenvalue weighted by atomic mass is 9.88. The number of aryl methyl sites for hydroxylation is 1. The van der Waals surface area contributed by atoms with Gasteiger partial charge in [0, 0.05) is 27.6 Å². The minimum atomic E-state index is 0.323. The lowest BCUT2D eigenvalue weighted by Crippen LogP contribution is -2.27. The van der Waals surface area contributed by atoms with Crippen molar-refractivity contribution in [1.29, 1.82) is 0 Å². The Bertz CT molecular complexity index is 641. The molecule has 0 amide bonds. The molecule has 2 unspecified atom stereocenters. The zero-order valence-corrected chi connectivity index (χ0v) is 14.0. The van der Waals surface area contributed by atoms with E-state index in [9.17, 15) is 0 Å². The highest BCUT2D eigenvalue weighted by Crippen LogP contribution is 2.45. The Balaban J connectivity index is 1.97. The van der Waals surface area contributed by atoms with Crippen LogP contribution in [0.5, 0.6) is 0 Å². The molecule has 21 heavy (non-hydrogen) atoms. The molecular weight excluding hydrogens is 298 g/mol. The summed E-state index contributed by atoms with van der Waals surface area (Å²) in [4.78, 5) is 1.42. The summed E-state index contributed by atoms with van der Waals surface area (Å²) >= 11 is 8.29. The molecule has 0 aromatic heterocycles. The van der Waals surface area contributed by atoms with Gasteiger partial charge in [-0.25, -0.2) is 0 Å². The minimum Gasteiger partial charge on any atom is -0.310 e. The molecule has 3 heteroatoms. The zero-order chi connectivity index (χ0) is 14.8. The number of nitrogens with one attached hydrogen (secondary N) is 1. The third-order valence-corrected chi connectivity index (χ3v) is 5.73. The number of hydrogen-bond acceptors (Lipinski definition) is 2. The number of rotatable bonds is 4. The van der Waals surface area contributed by atoms with Crippen molar-refractivity contribution in [2.45, 2.75) is 30.7 Å². The Labute approximate surface area is 136 Å². The standard InChI is InChI=1S/C18H20ClNS/c1-3-20-18(13-9-8-12(2)16(19)10-13)15-11-21-17-7-5-4-6-14(15)17/h4-10,15,18,20H,3,11H2,1-2H3. The fourth-order valence-corrected chi connectivity index (χ4v) is 4.46. The van der Waals surface area contributed by atoms with Gasteiger partial charge in [-0.2, -0.15) is 0 Å². The number of benzene rings is 2. The van der Waals surface area contributed by atoms with Crippen LogP contribution in [0.4, 0.5) is 0 Å². The highest BCUT2D eigenvalue weighted by atomic mass is 35.5. The number of hydrogen-bond donors (Lipinski definition) is 1. The first-order valence-corrected chi connectivity index (χ1v) is 8.78. The molecular formula is C18H20ClNS. The van der Waals surface area contributed by atoms with Crippen molar-refractivity contribution in [3.8, 4) is 0 Å². The van der Waals surface area contributed by atoms with Gasteiger partial charge in [0.25, 0.3) is 0 Å². The van der Waals surface area contributed by atoms with Gasteiger partial charge in [-0.05, 0) is 42.3 Å². The van der Waals surface area contributed by atoms with Crippen molar-refractivity contribution in [1.82, 2.24) is 5.32 Å². The molecule has 1 heterocycles. The predicted molar refractivity (Wildman–Crippen MR) is 92.5 cm³/mol. The van der Waals surface area contributed by atoms with E-state index >= 15 is 0 Å². The first-order chi connectivity index (χ1) is 10.2. The highest BCUT2D eigenvalue weighted by molar-refractivity contribution is 7.99. The lowest BCUT2D eigenvalue weighted by Gasteiger charge is -2.26. The molecule has 2 aromatic carbocycles. The summed E-state index contributed by atoms with van der Waals surface area (Å²) in [6.45, 7) is 5.17. The van der Waals surface area contributed by atoms with Gasteiger partial charge in [0.05, 0.1) is 0 Å². The molecule has 0 radical (unpaired) electrons. The van der Waals surface area contributed by atoms with Gasteiger partial charge in [0.15, 0.2) is 0 Å². The smallest absolute Gasteiger partial charge is 0.0438 e. The monoisotopic (exact) mass is 317 g/mol. The van der Waals surface area contributed by atoms with Crippen LogP contribution < -0.4 is 5.32 Å². The number of thioether (sulfide) groups is 1. The van der Waals surface area contributed by atoms with E-state index in [-0.39, 0.29) is 0 Å². The van der Waals surface area contributed by atoms with Crippen LogP contribution in [0, 0.1) is 6.92 Å². The van der Waals surface area contributed by atoms with E-state index in [1.54, 1.807) is 0 Å². The summed E-state index contributed by atoms with van der Waals surface area (Å²) in [6.07, 6.45) is 0. The number of fused-ring (bicyclic) bond motifs is 1. The topological polar surface area (TPSA) is 12.0 Å². The summed E-state index contributed by atoms with van der Waals surface area (Å²) < 4.78 is 0. The second-order valence-electron chi connectivity index (χ2n) is 5.50. The fourth-order valence-electron chi connectivity index (χ4n) is 2.98. The molecule has 2 aromatic rings. The van der Waals surface area contributed by atoms with Crippen molar-refractivity contribution in [2.24, 2.45) is 0 Å². The van der Waals surface area contributed by atoms with E-state index < -0.39 is 0 Å². The lowest BCUT2D eigenvalue weighted by molar-refractivity contribution is 0.485. The molecule has 110 valence electrons. The minimum absolute atomic E-state index is 0.323. The van der Waals surface area contributed by atoms with Crippen LogP contribution in [-0.2, 0) is 0 Å². The SMILES string of the molecule is CCNC(c1ccc(C)c(Cl)c1)C1CSc2ccccc21. The normalized spacial score (nSPS) is 18.5. The molecule has 0 saturated carbocycles. The molecule has 0 fully saturated rings. The zero-order valence-electron chi connectivity index (χ0n) is 12.4. The number of likely N-dealkylation sites (N-methyl/N-ethyl adjacent to an activating group) is 1. The number of halogens is 1. The maximum atomic E-state index is 6.33. The third-order valence-electron chi connectivity index (χ3n) is 4.12. The van der Waals surface area contributed by atoms with Crippen LogP contribution in [0.15, 0.2) is 47.4 Å². The molecule has 2 atom stereocenters. The van der Waals surface area contributed by atoms with Crippen LogP contribution in [0.2, 0.25) is 5.02 Å². The van der Waals surface area contributed by atoms with Crippen molar-refractivity contribution < 1.29 is 0 Å². The van der Waals surface area contributed by atoms with Gasteiger partial charge in [0.2, 0.25) is 0 Å². The summed E-state index contributed by atoms with van der Waals surface area (Å²) in [5.41, 5.74) is 3.89. The molecule has 0 spiro atoms. The van der Waals surface area contributed by atoms with Gasteiger partial charge < -0.3 is 5.32 Å². The predicted octanol–water partition coefficient (Wildman–Crippen LogP) is 5.19. The van der Waals surface area contributed by atoms with Gasteiger partial charge in [-0.3, -0.25) is 0 Å². The van der Waals surface area contributed by atoms with Crippen molar-refractivity contribution >= 4 is 23.4 Å². The van der Waals surface area contributed by atoms with Crippen LogP contribution in [0.25, 0.3) is 0 Å². The first-order valence-electron chi connectivity index (χ1n) is 7.42. The molecule has 1 aliphatic rings. The maximum absolute atomic E-state index is 6.33. The van der Waals surface area contributed by atoms with Crippen molar-refractivity contribution in [3.63, 3.8) is 0 Å². The quantitative estimate of drug-likeness (QED) is 0.833. The van der Waals surface area contributed by atoms with Crippen molar-refractivity contribution in [2.75, 3.05) is 12.3 Å². The molecule has 0 aliphatic carbocycles. The average molecular weight is 318 g/mol. The molecule has 1 aliphatic heterocycles. The summed E-state index contributed by atoms with van der Waals surface area (Å²) in [5.74, 6) is 1.63. The van der Waals surface area contributed by atoms with Gasteiger partial charge in [0.1, 0.15) is 0 Å². The van der Waals surface area contributed by atoms with Crippen LogP contribution >= 0.6 is 23.4 Å². The van der Waals surface area contributed by atoms with E-state index in [1.165, 1.54) is 16.0 Å². The van der Waals surface area contributed by atoms with E-state index in [2.05, 4.69) is 61.6 Å². The van der Waals surface area contributed by atoms with Crippen LogP contribution in [-0.4, -0.2) is 12.3 Å². The summed E-state index contributed by atoms with van der Waals surface area (Å²) in [5, 5.41) is 4.51. The Morgan fingerprint density at radius 3 is 2.86 bits per heavy atom. The van der Waals surface area contributed by atoms with Crippen LogP contribution in [0.1, 0.15) is 35.6 Å². The van der Waals surface area contributed by atoms with E-state index in [0.29, 0.717) is 12.0 Å². The van der Waals surface area contributed by atoms with Gasteiger partial charge in [-0.1, -0.05) is 48.9 Å². The average Bonchev–Trinajstić information content (AvgIpc) is 2.92. The second kappa shape index (κ2) is 6.43.